The molecule has 2 rings (SSSR count). The van der Waals surface area contributed by atoms with E-state index in [1.165, 1.54) is 20.2 Å². The SMILES string of the molecule is COc1ccc(Br)cc1S(=O)(=O)N(C)CC(=O)Nc1cccc(C)n1. The van der Waals surface area contributed by atoms with Crippen molar-refractivity contribution in [2.45, 2.75) is 11.8 Å². The second-order valence-electron chi connectivity index (χ2n) is 5.27. The number of methoxy groups -OCH3 is 1. The Bertz CT molecular complexity index is 887. The highest BCUT2D eigenvalue weighted by molar-refractivity contribution is 9.10. The van der Waals surface area contributed by atoms with E-state index in [9.17, 15) is 13.2 Å². The Morgan fingerprint density at radius 1 is 1.32 bits per heavy atom. The lowest BCUT2D eigenvalue weighted by Gasteiger charge is -2.18. The zero-order valence-corrected chi connectivity index (χ0v) is 16.4. The van der Waals surface area contributed by atoms with E-state index in [1.54, 1.807) is 37.3 Å². The van der Waals surface area contributed by atoms with Gasteiger partial charge >= 0.3 is 0 Å². The van der Waals surface area contributed by atoms with Crippen LogP contribution in [0.5, 0.6) is 5.75 Å². The van der Waals surface area contributed by atoms with Gasteiger partial charge in [-0.25, -0.2) is 13.4 Å². The summed E-state index contributed by atoms with van der Waals surface area (Å²) in [6.45, 7) is 1.44. The van der Waals surface area contributed by atoms with Gasteiger partial charge in [0.1, 0.15) is 16.5 Å². The molecular formula is C16H18BrN3O4S. The number of aromatic nitrogens is 1. The minimum atomic E-state index is -3.90. The van der Waals surface area contributed by atoms with E-state index >= 15 is 0 Å². The highest BCUT2D eigenvalue weighted by atomic mass is 79.9. The van der Waals surface area contributed by atoms with Crippen LogP contribution in [0, 0.1) is 6.92 Å². The van der Waals surface area contributed by atoms with Crippen LogP contribution in [0.15, 0.2) is 45.8 Å². The fraction of sp³-hybridized carbons (Fsp3) is 0.250. The van der Waals surface area contributed by atoms with Crippen molar-refractivity contribution >= 4 is 37.7 Å². The summed E-state index contributed by atoms with van der Waals surface area (Å²) >= 11 is 3.24. The van der Waals surface area contributed by atoms with E-state index in [1.807, 2.05) is 0 Å². The Hall–Kier alpha value is -1.97. The average molecular weight is 428 g/mol. The van der Waals surface area contributed by atoms with Gasteiger partial charge < -0.3 is 10.1 Å². The first-order valence-electron chi connectivity index (χ1n) is 7.27. The highest BCUT2D eigenvalue weighted by Gasteiger charge is 2.26. The molecular weight excluding hydrogens is 410 g/mol. The van der Waals surface area contributed by atoms with Crippen molar-refractivity contribution < 1.29 is 17.9 Å². The van der Waals surface area contributed by atoms with Crippen LogP contribution in [-0.4, -0.2) is 44.3 Å². The average Bonchev–Trinajstić information content (AvgIpc) is 2.54. The Kier molecular flexibility index (Phi) is 6.15. The first-order valence-corrected chi connectivity index (χ1v) is 9.50. The third kappa shape index (κ3) is 4.77. The predicted molar refractivity (Wildman–Crippen MR) is 98.1 cm³/mol. The van der Waals surface area contributed by atoms with E-state index in [0.29, 0.717) is 10.3 Å². The molecule has 0 fully saturated rings. The van der Waals surface area contributed by atoms with E-state index < -0.39 is 15.9 Å². The van der Waals surface area contributed by atoms with Crippen LogP contribution >= 0.6 is 15.9 Å². The molecule has 1 aromatic carbocycles. The molecule has 1 amide bonds. The molecule has 2 aromatic rings. The summed E-state index contributed by atoms with van der Waals surface area (Å²) in [5, 5.41) is 2.58. The van der Waals surface area contributed by atoms with Gasteiger partial charge in [-0.15, -0.1) is 0 Å². The maximum atomic E-state index is 12.7. The normalized spacial score (nSPS) is 11.4. The number of carbonyl (C=O) groups excluding carboxylic acids is 1. The fourth-order valence-electron chi connectivity index (χ4n) is 2.10. The molecule has 0 spiro atoms. The standard InChI is InChI=1S/C16H18BrN3O4S/c1-11-5-4-6-15(18-11)19-16(21)10-20(2)25(22,23)14-9-12(17)7-8-13(14)24-3/h4-9H,10H2,1-3H3,(H,18,19,21). The number of aryl methyl sites for hydroxylation is 1. The number of likely N-dealkylation sites (N-methyl/N-ethyl adjacent to an activating group) is 1. The maximum Gasteiger partial charge on any atom is 0.247 e. The van der Waals surface area contributed by atoms with Crippen molar-refractivity contribution in [3.05, 3.63) is 46.6 Å². The zero-order chi connectivity index (χ0) is 18.6. The monoisotopic (exact) mass is 427 g/mol. The van der Waals surface area contributed by atoms with Crippen LogP contribution in [0.25, 0.3) is 0 Å². The second-order valence-corrected chi connectivity index (χ2v) is 8.20. The number of halogens is 1. The molecule has 0 aliphatic heterocycles. The fourth-order valence-corrected chi connectivity index (χ4v) is 3.92. The smallest absolute Gasteiger partial charge is 0.247 e. The predicted octanol–water partition coefficient (Wildman–Crippen LogP) is 2.42. The van der Waals surface area contributed by atoms with Crippen molar-refractivity contribution in [2.24, 2.45) is 0 Å². The number of benzene rings is 1. The summed E-state index contributed by atoms with van der Waals surface area (Å²) in [6.07, 6.45) is 0. The number of hydrogen-bond acceptors (Lipinski definition) is 5. The molecule has 0 atom stereocenters. The molecule has 134 valence electrons. The van der Waals surface area contributed by atoms with Crippen LogP contribution in [0.4, 0.5) is 5.82 Å². The van der Waals surface area contributed by atoms with E-state index in [4.69, 9.17) is 4.74 Å². The summed E-state index contributed by atoms with van der Waals surface area (Å²) < 4.78 is 32.1. The molecule has 1 heterocycles. The Morgan fingerprint density at radius 3 is 2.68 bits per heavy atom. The molecule has 0 unspecified atom stereocenters. The second kappa shape index (κ2) is 7.94. The number of hydrogen-bond donors (Lipinski definition) is 1. The minimum Gasteiger partial charge on any atom is -0.495 e. The van der Waals surface area contributed by atoms with Crippen molar-refractivity contribution in [3.63, 3.8) is 0 Å². The van der Waals surface area contributed by atoms with Crippen LogP contribution in [0.1, 0.15) is 5.69 Å². The number of ether oxygens (including phenoxy) is 1. The third-order valence-electron chi connectivity index (χ3n) is 3.34. The van der Waals surface area contributed by atoms with Crippen LogP contribution in [0.2, 0.25) is 0 Å². The van der Waals surface area contributed by atoms with Crippen molar-refractivity contribution in [1.29, 1.82) is 0 Å². The lowest BCUT2D eigenvalue weighted by molar-refractivity contribution is -0.116. The Labute approximate surface area is 155 Å². The lowest BCUT2D eigenvalue weighted by atomic mass is 10.3. The molecule has 7 nitrogen and oxygen atoms in total. The van der Waals surface area contributed by atoms with Gasteiger partial charge in [0.2, 0.25) is 15.9 Å². The molecule has 0 radical (unpaired) electrons. The van der Waals surface area contributed by atoms with Crippen LogP contribution < -0.4 is 10.1 Å². The topological polar surface area (TPSA) is 88.6 Å². The number of nitrogens with zero attached hydrogens (tertiary/aromatic N) is 2. The van der Waals surface area contributed by atoms with Gasteiger partial charge in [-0.2, -0.15) is 4.31 Å². The summed E-state index contributed by atoms with van der Waals surface area (Å²) in [5.74, 6) is 0.0878. The van der Waals surface area contributed by atoms with Crippen molar-refractivity contribution in [2.75, 3.05) is 26.0 Å². The number of rotatable bonds is 6. The molecule has 0 saturated heterocycles. The quantitative estimate of drug-likeness (QED) is 0.764. The summed E-state index contributed by atoms with van der Waals surface area (Å²) in [5.41, 5.74) is 0.748. The number of sulfonamides is 1. The zero-order valence-electron chi connectivity index (χ0n) is 14.0. The lowest BCUT2D eigenvalue weighted by Crippen LogP contribution is -2.35. The van der Waals surface area contributed by atoms with Gasteiger partial charge in [0.15, 0.2) is 0 Å². The minimum absolute atomic E-state index is 0.0200. The number of pyridine rings is 1. The van der Waals surface area contributed by atoms with Crippen LogP contribution in [-0.2, 0) is 14.8 Å². The van der Waals surface area contributed by atoms with Gasteiger partial charge in [-0.1, -0.05) is 22.0 Å². The van der Waals surface area contributed by atoms with Crippen LogP contribution in [0.3, 0.4) is 0 Å². The van der Waals surface area contributed by atoms with Crippen molar-refractivity contribution in [3.8, 4) is 5.75 Å². The molecule has 0 aliphatic rings. The van der Waals surface area contributed by atoms with Gasteiger partial charge in [-0.05, 0) is 37.3 Å². The molecule has 1 N–H and O–H groups in total. The molecule has 25 heavy (non-hydrogen) atoms. The third-order valence-corrected chi connectivity index (χ3v) is 5.65. The summed E-state index contributed by atoms with van der Waals surface area (Å²) in [6, 6.07) is 9.84. The number of carbonyl (C=O) groups is 1. The highest BCUT2D eigenvalue weighted by Crippen LogP contribution is 2.29. The summed E-state index contributed by atoms with van der Waals surface area (Å²) in [4.78, 5) is 16.3. The molecule has 0 bridgehead atoms. The van der Waals surface area contributed by atoms with Gasteiger partial charge in [0.05, 0.1) is 13.7 Å². The van der Waals surface area contributed by atoms with Gasteiger partial charge in [-0.3, -0.25) is 4.79 Å². The first-order chi connectivity index (χ1) is 11.7. The van der Waals surface area contributed by atoms with Gasteiger partial charge in [0.25, 0.3) is 0 Å². The molecule has 0 saturated carbocycles. The maximum absolute atomic E-state index is 12.7. The largest absolute Gasteiger partial charge is 0.495 e. The molecule has 0 aliphatic carbocycles. The van der Waals surface area contributed by atoms with E-state index in [-0.39, 0.29) is 17.2 Å². The van der Waals surface area contributed by atoms with Crippen molar-refractivity contribution in [1.82, 2.24) is 9.29 Å². The van der Waals surface area contributed by atoms with E-state index in [0.717, 1.165) is 10.00 Å². The Balaban J connectivity index is 2.17. The number of amides is 1. The number of nitrogens with one attached hydrogen (secondary N) is 1. The number of anilines is 1. The molecule has 9 heteroatoms. The molecule has 1 aromatic heterocycles. The first kappa shape index (κ1) is 19.4. The Morgan fingerprint density at radius 2 is 2.04 bits per heavy atom. The van der Waals surface area contributed by atoms with E-state index in [2.05, 4.69) is 26.2 Å². The summed E-state index contributed by atoms with van der Waals surface area (Å²) in [7, 11) is -1.18. The van der Waals surface area contributed by atoms with Gasteiger partial charge in [0, 0.05) is 17.2 Å².